The van der Waals surface area contributed by atoms with E-state index >= 15 is 0 Å². The lowest BCUT2D eigenvalue weighted by molar-refractivity contribution is -0.141. The standard InChI is InChI=1S/C17H23NO5/c1-12(17(20)21)10-18(2)16(19)13-5-7-14(8-6-13)23-11-15-4-3-9-22-15/h5-8,12,15H,3-4,9-11H2,1-2H3,(H,20,21)/t12-,15+/m0/s1. The Hall–Kier alpha value is -2.08. The zero-order chi connectivity index (χ0) is 16.8. The summed E-state index contributed by atoms with van der Waals surface area (Å²) < 4.78 is 11.1. The number of carbonyl (C=O) groups excluding carboxylic acids is 1. The number of carboxylic acid groups (broad SMARTS) is 1. The summed E-state index contributed by atoms with van der Waals surface area (Å²) in [7, 11) is 1.60. The van der Waals surface area contributed by atoms with Gasteiger partial charge in [0.05, 0.1) is 12.0 Å². The van der Waals surface area contributed by atoms with Crippen LogP contribution in [0.4, 0.5) is 0 Å². The molecular weight excluding hydrogens is 298 g/mol. The third kappa shape index (κ3) is 4.96. The van der Waals surface area contributed by atoms with Crippen LogP contribution in [0.25, 0.3) is 0 Å². The summed E-state index contributed by atoms with van der Waals surface area (Å²) in [6.45, 7) is 3.06. The van der Waals surface area contributed by atoms with Crippen LogP contribution in [-0.4, -0.2) is 54.8 Å². The van der Waals surface area contributed by atoms with E-state index in [4.69, 9.17) is 14.6 Å². The number of carbonyl (C=O) groups is 2. The van der Waals surface area contributed by atoms with Crippen LogP contribution in [0.15, 0.2) is 24.3 Å². The molecule has 126 valence electrons. The zero-order valence-electron chi connectivity index (χ0n) is 13.5. The Morgan fingerprint density at radius 1 is 1.39 bits per heavy atom. The predicted molar refractivity (Wildman–Crippen MR) is 84.7 cm³/mol. The number of carboxylic acids is 1. The van der Waals surface area contributed by atoms with E-state index in [0.29, 0.717) is 17.9 Å². The molecule has 0 aromatic heterocycles. The number of rotatable bonds is 7. The average molecular weight is 321 g/mol. The number of ether oxygens (including phenoxy) is 2. The first-order valence-corrected chi connectivity index (χ1v) is 7.80. The van der Waals surface area contributed by atoms with Crippen molar-refractivity contribution in [3.8, 4) is 5.75 Å². The lowest BCUT2D eigenvalue weighted by Crippen LogP contribution is -2.33. The monoisotopic (exact) mass is 321 g/mol. The van der Waals surface area contributed by atoms with Gasteiger partial charge in [-0.3, -0.25) is 9.59 Å². The van der Waals surface area contributed by atoms with E-state index in [1.807, 2.05) is 0 Å². The molecule has 1 N–H and O–H groups in total. The van der Waals surface area contributed by atoms with Crippen molar-refractivity contribution >= 4 is 11.9 Å². The average Bonchev–Trinajstić information content (AvgIpc) is 3.06. The fourth-order valence-electron chi connectivity index (χ4n) is 2.45. The number of amides is 1. The van der Waals surface area contributed by atoms with Crippen LogP contribution < -0.4 is 4.74 Å². The molecule has 0 radical (unpaired) electrons. The van der Waals surface area contributed by atoms with Crippen LogP contribution in [0.3, 0.4) is 0 Å². The van der Waals surface area contributed by atoms with Crippen molar-refractivity contribution in [1.82, 2.24) is 4.90 Å². The third-order valence-corrected chi connectivity index (χ3v) is 3.88. The molecule has 6 heteroatoms. The predicted octanol–water partition coefficient (Wildman–Crippen LogP) is 2.04. The van der Waals surface area contributed by atoms with Gasteiger partial charge in [-0.15, -0.1) is 0 Å². The molecule has 0 aliphatic carbocycles. The van der Waals surface area contributed by atoms with E-state index < -0.39 is 11.9 Å². The molecule has 6 nitrogen and oxygen atoms in total. The Kier molecular flexibility index (Phi) is 5.98. The van der Waals surface area contributed by atoms with Gasteiger partial charge in [0, 0.05) is 25.8 Å². The van der Waals surface area contributed by atoms with Gasteiger partial charge < -0.3 is 19.5 Å². The summed E-state index contributed by atoms with van der Waals surface area (Å²) in [5.74, 6) is -1.03. The van der Waals surface area contributed by atoms with Crippen LogP contribution in [0, 0.1) is 5.92 Å². The molecule has 2 atom stereocenters. The molecule has 2 rings (SSSR count). The van der Waals surface area contributed by atoms with Crippen molar-refractivity contribution < 1.29 is 24.2 Å². The van der Waals surface area contributed by atoms with Crippen LogP contribution in [0.2, 0.25) is 0 Å². The fourth-order valence-corrected chi connectivity index (χ4v) is 2.45. The van der Waals surface area contributed by atoms with Gasteiger partial charge in [0.2, 0.25) is 0 Å². The van der Waals surface area contributed by atoms with E-state index in [2.05, 4.69) is 0 Å². The summed E-state index contributed by atoms with van der Waals surface area (Å²) in [5.41, 5.74) is 0.509. The molecule has 1 saturated heterocycles. The highest BCUT2D eigenvalue weighted by Gasteiger charge is 2.19. The maximum Gasteiger partial charge on any atom is 0.308 e. The number of hydrogen-bond acceptors (Lipinski definition) is 4. The second kappa shape index (κ2) is 7.97. The molecule has 1 aliphatic heterocycles. The Labute approximate surface area is 136 Å². The van der Waals surface area contributed by atoms with Gasteiger partial charge in [0.1, 0.15) is 12.4 Å². The Balaban J connectivity index is 1.87. The van der Waals surface area contributed by atoms with Crippen molar-refractivity contribution in [2.24, 2.45) is 5.92 Å². The zero-order valence-corrected chi connectivity index (χ0v) is 13.5. The SMILES string of the molecule is C[C@@H](CN(C)C(=O)c1ccc(OC[C@H]2CCCO2)cc1)C(=O)O. The highest BCUT2D eigenvalue weighted by atomic mass is 16.5. The first kappa shape index (κ1) is 17.3. The Bertz CT molecular complexity index is 536. The molecule has 0 bridgehead atoms. The second-order valence-corrected chi connectivity index (χ2v) is 5.90. The molecule has 1 aromatic carbocycles. The van der Waals surface area contributed by atoms with E-state index in [1.165, 1.54) is 4.90 Å². The molecule has 1 aliphatic rings. The molecule has 0 unspecified atom stereocenters. The molecular formula is C17H23NO5. The molecule has 23 heavy (non-hydrogen) atoms. The van der Waals surface area contributed by atoms with Gasteiger partial charge >= 0.3 is 5.97 Å². The van der Waals surface area contributed by atoms with Crippen molar-refractivity contribution in [2.45, 2.75) is 25.9 Å². The summed E-state index contributed by atoms with van der Waals surface area (Å²) in [6, 6.07) is 6.87. The van der Waals surface area contributed by atoms with Crippen molar-refractivity contribution in [3.63, 3.8) is 0 Å². The van der Waals surface area contributed by atoms with E-state index in [0.717, 1.165) is 19.4 Å². The smallest absolute Gasteiger partial charge is 0.308 e. The van der Waals surface area contributed by atoms with Gasteiger partial charge in [-0.05, 0) is 37.1 Å². The lowest BCUT2D eigenvalue weighted by atomic mass is 10.1. The second-order valence-electron chi connectivity index (χ2n) is 5.90. The molecule has 0 saturated carbocycles. The van der Waals surface area contributed by atoms with Gasteiger partial charge in [-0.25, -0.2) is 0 Å². The van der Waals surface area contributed by atoms with Crippen LogP contribution in [0.5, 0.6) is 5.75 Å². The summed E-state index contributed by atoms with van der Waals surface area (Å²) in [6.07, 6.45) is 2.24. The maximum absolute atomic E-state index is 12.3. The van der Waals surface area contributed by atoms with Crippen LogP contribution >= 0.6 is 0 Å². The fraction of sp³-hybridized carbons (Fsp3) is 0.529. The Morgan fingerprint density at radius 2 is 2.09 bits per heavy atom. The van der Waals surface area contributed by atoms with Gasteiger partial charge in [-0.1, -0.05) is 6.92 Å². The molecule has 1 amide bonds. The Morgan fingerprint density at radius 3 is 2.65 bits per heavy atom. The number of aliphatic carboxylic acids is 1. The van der Waals surface area contributed by atoms with Gasteiger partial charge in [0.25, 0.3) is 5.91 Å². The van der Waals surface area contributed by atoms with Gasteiger partial charge in [-0.2, -0.15) is 0 Å². The minimum Gasteiger partial charge on any atom is -0.491 e. The van der Waals surface area contributed by atoms with Crippen molar-refractivity contribution in [3.05, 3.63) is 29.8 Å². The van der Waals surface area contributed by atoms with E-state index in [-0.39, 0.29) is 18.6 Å². The van der Waals surface area contributed by atoms with Gasteiger partial charge in [0.15, 0.2) is 0 Å². The molecule has 1 heterocycles. The quantitative estimate of drug-likeness (QED) is 0.831. The minimum absolute atomic E-state index is 0.153. The minimum atomic E-state index is -0.914. The molecule has 0 spiro atoms. The third-order valence-electron chi connectivity index (χ3n) is 3.88. The largest absolute Gasteiger partial charge is 0.491 e. The first-order chi connectivity index (χ1) is 11.0. The summed E-state index contributed by atoms with van der Waals surface area (Å²) in [5, 5.41) is 8.90. The lowest BCUT2D eigenvalue weighted by Gasteiger charge is -2.19. The molecule has 1 aromatic rings. The highest BCUT2D eigenvalue weighted by molar-refractivity contribution is 5.94. The normalized spacial score (nSPS) is 18.4. The van der Waals surface area contributed by atoms with Crippen LogP contribution in [0.1, 0.15) is 30.1 Å². The van der Waals surface area contributed by atoms with Crippen molar-refractivity contribution in [1.29, 1.82) is 0 Å². The highest BCUT2D eigenvalue weighted by Crippen LogP contribution is 2.17. The first-order valence-electron chi connectivity index (χ1n) is 7.80. The molecule has 1 fully saturated rings. The van der Waals surface area contributed by atoms with Crippen LogP contribution in [-0.2, 0) is 9.53 Å². The topological polar surface area (TPSA) is 76.1 Å². The van der Waals surface area contributed by atoms with E-state index in [9.17, 15) is 9.59 Å². The number of hydrogen-bond donors (Lipinski definition) is 1. The number of nitrogens with zero attached hydrogens (tertiary/aromatic N) is 1. The number of benzene rings is 1. The summed E-state index contributed by atoms with van der Waals surface area (Å²) in [4.78, 5) is 24.5. The van der Waals surface area contributed by atoms with Crippen molar-refractivity contribution in [2.75, 3.05) is 26.8 Å². The summed E-state index contributed by atoms with van der Waals surface area (Å²) >= 11 is 0. The maximum atomic E-state index is 12.3. The van der Waals surface area contributed by atoms with E-state index in [1.54, 1.807) is 38.2 Å².